The summed E-state index contributed by atoms with van der Waals surface area (Å²) in [5.74, 6) is 1.61. The molecule has 7 heteroatoms. The van der Waals surface area contributed by atoms with Crippen LogP contribution in [0.2, 0.25) is 0 Å². The predicted octanol–water partition coefficient (Wildman–Crippen LogP) is 3.49. The fourth-order valence-corrected chi connectivity index (χ4v) is 2.90. The molecule has 2 aromatic heterocycles. The second kappa shape index (κ2) is 5.77. The Labute approximate surface area is 136 Å². The van der Waals surface area contributed by atoms with Gasteiger partial charge in [-0.15, -0.1) is 10.2 Å². The average Bonchev–Trinajstić information content (AvgIpc) is 3.20. The van der Waals surface area contributed by atoms with Crippen LogP contribution in [0.15, 0.2) is 58.1 Å². The van der Waals surface area contributed by atoms with Gasteiger partial charge in [-0.2, -0.15) is 0 Å². The van der Waals surface area contributed by atoms with Crippen LogP contribution < -0.4 is 5.73 Å². The SMILES string of the molecule is Nc1ccc(-c2nnc(CSc3nc4ccccc4[nH]3)o2)cc1. The van der Waals surface area contributed by atoms with E-state index in [1.165, 1.54) is 11.8 Å². The van der Waals surface area contributed by atoms with Crippen molar-refractivity contribution in [3.8, 4) is 11.5 Å². The first-order valence-corrected chi connectivity index (χ1v) is 8.02. The van der Waals surface area contributed by atoms with E-state index in [1.807, 2.05) is 48.5 Å². The second-order valence-corrected chi connectivity index (χ2v) is 5.93. The van der Waals surface area contributed by atoms with E-state index in [0.717, 1.165) is 21.8 Å². The number of aromatic nitrogens is 4. The molecule has 3 N–H and O–H groups in total. The average molecular weight is 323 g/mol. The number of nitrogens with one attached hydrogen (secondary N) is 1. The van der Waals surface area contributed by atoms with Crippen molar-refractivity contribution in [1.82, 2.24) is 20.2 Å². The zero-order chi connectivity index (χ0) is 15.6. The van der Waals surface area contributed by atoms with Crippen molar-refractivity contribution in [2.75, 3.05) is 5.73 Å². The summed E-state index contributed by atoms with van der Waals surface area (Å²) in [5, 5.41) is 8.98. The van der Waals surface area contributed by atoms with Crippen LogP contribution in [-0.4, -0.2) is 20.2 Å². The first-order valence-electron chi connectivity index (χ1n) is 7.04. The van der Waals surface area contributed by atoms with Crippen LogP contribution in [0.4, 0.5) is 5.69 Å². The third kappa shape index (κ3) is 2.91. The number of H-pyrrole nitrogens is 1. The first kappa shape index (κ1) is 13.8. The monoisotopic (exact) mass is 323 g/mol. The molecule has 23 heavy (non-hydrogen) atoms. The van der Waals surface area contributed by atoms with Gasteiger partial charge >= 0.3 is 0 Å². The van der Waals surface area contributed by atoms with E-state index in [9.17, 15) is 0 Å². The molecular formula is C16H13N5OS. The molecule has 0 radical (unpaired) electrons. The van der Waals surface area contributed by atoms with Gasteiger partial charge in [0.1, 0.15) is 0 Å². The van der Waals surface area contributed by atoms with Crippen LogP contribution in [0.25, 0.3) is 22.5 Å². The summed E-state index contributed by atoms with van der Waals surface area (Å²) in [7, 11) is 0. The van der Waals surface area contributed by atoms with Gasteiger partial charge < -0.3 is 15.1 Å². The maximum atomic E-state index is 5.68. The molecular weight excluding hydrogens is 310 g/mol. The summed E-state index contributed by atoms with van der Waals surface area (Å²) in [5.41, 5.74) is 9.19. The molecule has 0 unspecified atom stereocenters. The molecule has 0 aliphatic carbocycles. The van der Waals surface area contributed by atoms with Crippen molar-refractivity contribution < 1.29 is 4.42 Å². The number of thioether (sulfide) groups is 1. The molecule has 0 spiro atoms. The minimum absolute atomic E-state index is 0.491. The topological polar surface area (TPSA) is 93.6 Å². The first-order chi connectivity index (χ1) is 11.3. The summed E-state index contributed by atoms with van der Waals surface area (Å²) in [6, 6.07) is 15.3. The Hall–Kier alpha value is -2.80. The molecule has 0 fully saturated rings. The van der Waals surface area contributed by atoms with Crippen molar-refractivity contribution >= 4 is 28.5 Å². The molecule has 2 heterocycles. The maximum absolute atomic E-state index is 5.68. The number of anilines is 1. The zero-order valence-electron chi connectivity index (χ0n) is 12.1. The number of nitrogen functional groups attached to an aromatic ring is 1. The van der Waals surface area contributed by atoms with Gasteiger partial charge in [0.2, 0.25) is 11.8 Å². The van der Waals surface area contributed by atoms with E-state index < -0.39 is 0 Å². The molecule has 0 amide bonds. The van der Waals surface area contributed by atoms with Crippen LogP contribution in [0, 0.1) is 0 Å². The Kier molecular flexibility index (Phi) is 3.47. The number of rotatable bonds is 4. The fourth-order valence-electron chi connectivity index (χ4n) is 2.18. The molecule has 4 aromatic rings. The van der Waals surface area contributed by atoms with Crippen molar-refractivity contribution in [2.24, 2.45) is 0 Å². The standard InChI is InChI=1S/C16H13N5OS/c17-11-7-5-10(6-8-11)15-21-20-14(22-15)9-23-16-18-12-3-1-2-4-13(12)19-16/h1-8H,9,17H2,(H,18,19). The van der Waals surface area contributed by atoms with Crippen LogP contribution in [-0.2, 0) is 5.75 Å². The Bertz CT molecular complexity index is 911. The molecule has 4 rings (SSSR count). The van der Waals surface area contributed by atoms with Gasteiger partial charge in [-0.25, -0.2) is 4.98 Å². The molecule has 0 bridgehead atoms. The number of nitrogens with zero attached hydrogens (tertiary/aromatic N) is 3. The molecule has 0 saturated carbocycles. The van der Waals surface area contributed by atoms with Crippen LogP contribution in [0.3, 0.4) is 0 Å². The minimum atomic E-state index is 0.491. The lowest BCUT2D eigenvalue weighted by molar-refractivity contribution is 0.528. The number of hydrogen-bond donors (Lipinski definition) is 2. The number of benzene rings is 2. The van der Waals surface area contributed by atoms with Crippen LogP contribution >= 0.6 is 11.8 Å². The Balaban J connectivity index is 1.48. The normalized spacial score (nSPS) is 11.1. The van der Waals surface area contributed by atoms with Gasteiger partial charge in [-0.3, -0.25) is 0 Å². The number of hydrogen-bond acceptors (Lipinski definition) is 6. The number of imidazole rings is 1. The van der Waals surface area contributed by atoms with Gasteiger partial charge in [0, 0.05) is 11.3 Å². The molecule has 0 aliphatic rings. The molecule has 0 saturated heterocycles. The van der Waals surface area contributed by atoms with E-state index in [4.69, 9.17) is 10.2 Å². The number of fused-ring (bicyclic) bond motifs is 1. The zero-order valence-corrected chi connectivity index (χ0v) is 12.9. The van der Waals surface area contributed by atoms with Crippen molar-refractivity contribution in [3.05, 3.63) is 54.4 Å². The molecule has 2 aromatic carbocycles. The highest BCUT2D eigenvalue weighted by Gasteiger charge is 2.10. The minimum Gasteiger partial charge on any atom is -0.420 e. The Morgan fingerprint density at radius 2 is 1.87 bits per heavy atom. The smallest absolute Gasteiger partial charge is 0.247 e. The molecule has 6 nitrogen and oxygen atoms in total. The summed E-state index contributed by atoms with van der Waals surface area (Å²) < 4.78 is 5.68. The van der Waals surface area contributed by atoms with E-state index in [1.54, 1.807) is 0 Å². The van der Waals surface area contributed by atoms with Gasteiger partial charge in [0.15, 0.2) is 5.16 Å². The van der Waals surface area contributed by atoms with E-state index in [2.05, 4.69) is 20.2 Å². The largest absolute Gasteiger partial charge is 0.420 e. The van der Waals surface area contributed by atoms with E-state index in [0.29, 0.717) is 23.2 Å². The Morgan fingerprint density at radius 3 is 2.70 bits per heavy atom. The fraction of sp³-hybridized carbons (Fsp3) is 0.0625. The van der Waals surface area contributed by atoms with Crippen molar-refractivity contribution in [1.29, 1.82) is 0 Å². The summed E-state index contributed by atoms with van der Waals surface area (Å²) in [6.45, 7) is 0. The highest BCUT2D eigenvalue weighted by Crippen LogP contribution is 2.24. The number of para-hydroxylation sites is 2. The summed E-state index contributed by atoms with van der Waals surface area (Å²) >= 11 is 1.53. The van der Waals surface area contributed by atoms with Gasteiger partial charge in [-0.1, -0.05) is 23.9 Å². The maximum Gasteiger partial charge on any atom is 0.247 e. The van der Waals surface area contributed by atoms with Crippen LogP contribution in [0.5, 0.6) is 0 Å². The van der Waals surface area contributed by atoms with Crippen molar-refractivity contribution in [3.63, 3.8) is 0 Å². The quantitative estimate of drug-likeness (QED) is 0.441. The molecule has 114 valence electrons. The molecule has 0 atom stereocenters. The lowest BCUT2D eigenvalue weighted by atomic mass is 10.2. The molecule has 0 aliphatic heterocycles. The Morgan fingerprint density at radius 1 is 1.04 bits per heavy atom. The lowest BCUT2D eigenvalue weighted by Crippen LogP contribution is -1.83. The number of nitrogens with two attached hydrogens (primary N) is 1. The summed E-state index contributed by atoms with van der Waals surface area (Å²) in [6.07, 6.45) is 0. The van der Waals surface area contributed by atoms with Gasteiger partial charge in [-0.05, 0) is 36.4 Å². The second-order valence-electron chi connectivity index (χ2n) is 4.97. The van der Waals surface area contributed by atoms with Crippen molar-refractivity contribution in [2.45, 2.75) is 10.9 Å². The van der Waals surface area contributed by atoms with Gasteiger partial charge in [0.05, 0.1) is 16.8 Å². The number of aromatic amines is 1. The highest BCUT2D eigenvalue weighted by molar-refractivity contribution is 7.98. The van der Waals surface area contributed by atoms with Crippen LogP contribution in [0.1, 0.15) is 5.89 Å². The van der Waals surface area contributed by atoms with Gasteiger partial charge in [0.25, 0.3) is 0 Å². The third-order valence-corrected chi connectivity index (χ3v) is 4.18. The lowest BCUT2D eigenvalue weighted by Gasteiger charge is -1.95. The highest BCUT2D eigenvalue weighted by atomic mass is 32.2. The third-order valence-electron chi connectivity index (χ3n) is 3.32. The van der Waals surface area contributed by atoms with E-state index >= 15 is 0 Å². The predicted molar refractivity (Wildman–Crippen MR) is 89.8 cm³/mol. The van der Waals surface area contributed by atoms with E-state index in [-0.39, 0.29) is 0 Å². The summed E-state index contributed by atoms with van der Waals surface area (Å²) in [4.78, 5) is 7.76.